The van der Waals surface area contributed by atoms with Crippen molar-refractivity contribution in [3.8, 4) is 28.8 Å². The van der Waals surface area contributed by atoms with Gasteiger partial charge in [0, 0.05) is 46.1 Å². The highest BCUT2D eigenvalue weighted by Crippen LogP contribution is 2.29. The molecule has 7 nitrogen and oxygen atoms in total. The molecule has 40 heavy (non-hydrogen) atoms. The highest BCUT2D eigenvalue weighted by atomic mass is 35.5. The minimum absolute atomic E-state index is 0.00773. The van der Waals surface area contributed by atoms with Gasteiger partial charge in [0.15, 0.2) is 0 Å². The Kier molecular flexibility index (Phi) is 8.82. The van der Waals surface area contributed by atoms with Crippen molar-refractivity contribution in [2.75, 3.05) is 13.2 Å². The minimum atomic E-state index is -0.444. The molecule has 4 aromatic rings. The molecule has 0 unspecified atom stereocenters. The lowest BCUT2D eigenvalue weighted by Gasteiger charge is -2.10. The van der Waals surface area contributed by atoms with Gasteiger partial charge in [-0.25, -0.2) is 4.68 Å². The first kappa shape index (κ1) is 27.5. The number of hydrogen-bond donors (Lipinski definition) is 1. The summed E-state index contributed by atoms with van der Waals surface area (Å²) in [5.74, 6) is 0.210. The fourth-order valence-corrected chi connectivity index (χ4v) is 4.81. The van der Waals surface area contributed by atoms with Gasteiger partial charge in [-0.1, -0.05) is 47.5 Å². The zero-order chi connectivity index (χ0) is 27.9. The number of nitrogens with one attached hydrogen (secondary N) is 1. The summed E-state index contributed by atoms with van der Waals surface area (Å²) in [5, 5.41) is 18.5. The molecule has 1 amide bonds. The van der Waals surface area contributed by atoms with E-state index in [4.69, 9.17) is 37.8 Å². The number of benzene rings is 3. The molecule has 1 atom stereocenters. The molecule has 0 spiro atoms. The van der Waals surface area contributed by atoms with Crippen molar-refractivity contribution < 1.29 is 14.3 Å². The van der Waals surface area contributed by atoms with E-state index in [1.54, 1.807) is 22.9 Å². The van der Waals surface area contributed by atoms with E-state index in [1.165, 1.54) is 0 Å². The summed E-state index contributed by atoms with van der Waals surface area (Å²) in [6.45, 7) is 1.36. The average molecular weight is 573 g/mol. The Morgan fingerprint density at radius 2 is 1.95 bits per heavy atom. The van der Waals surface area contributed by atoms with E-state index in [0.717, 1.165) is 29.7 Å². The number of rotatable bonds is 9. The van der Waals surface area contributed by atoms with Crippen LogP contribution in [-0.4, -0.2) is 34.9 Å². The van der Waals surface area contributed by atoms with Crippen LogP contribution in [0.25, 0.3) is 23.0 Å². The number of nitrogens with zero attached hydrogens (tertiary/aromatic N) is 3. The topological polar surface area (TPSA) is 89.2 Å². The Labute approximate surface area is 242 Å². The Bertz CT molecular complexity index is 1550. The van der Waals surface area contributed by atoms with Crippen molar-refractivity contribution in [3.05, 3.63) is 106 Å². The smallest absolute Gasteiger partial charge is 0.262 e. The van der Waals surface area contributed by atoms with E-state index >= 15 is 0 Å². The van der Waals surface area contributed by atoms with Crippen LogP contribution in [0.1, 0.15) is 24.0 Å². The Morgan fingerprint density at radius 3 is 2.65 bits per heavy atom. The van der Waals surface area contributed by atoms with Crippen molar-refractivity contribution in [2.24, 2.45) is 0 Å². The molecule has 5 rings (SSSR count). The SMILES string of the molecule is N#C/C(=C\c1cn(-c2ccccc2)nc1-c1ccc(OCc2ccc(Cl)cc2Cl)cc1)C(=O)NC[C@H]1CCCO1. The van der Waals surface area contributed by atoms with E-state index in [-0.39, 0.29) is 11.7 Å². The summed E-state index contributed by atoms with van der Waals surface area (Å²) >= 11 is 12.2. The van der Waals surface area contributed by atoms with E-state index in [9.17, 15) is 10.1 Å². The second-order valence-electron chi connectivity index (χ2n) is 9.28. The number of ether oxygens (including phenoxy) is 2. The molecular formula is C31H26Cl2N4O3. The van der Waals surface area contributed by atoms with Crippen LogP contribution in [0.4, 0.5) is 0 Å². The van der Waals surface area contributed by atoms with Crippen molar-refractivity contribution in [1.82, 2.24) is 15.1 Å². The van der Waals surface area contributed by atoms with Crippen molar-refractivity contribution >= 4 is 35.2 Å². The molecular weight excluding hydrogens is 547 g/mol. The van der Waals surface area contributed by atoms with Crippen molar-refractivity contribution in [1.29, 1.82) is 5.26 Å². The molecule has 1 aliphatic heterocycles. The van der Waals surface area contributed by atoms with Crippen LogP contribution in [0.3, 0.4) is 0 Å². The largest absolute Gasteiger partial charge is 0.489 e. The van der Waals surface area contributed by atoms with Gasteiger partial charge >= 0.3 is 0 Å². The summed E-state index contributed by atoms with van der Waals surface area (Å²) in [5.41, 5.74) is 3.72. The molecule has 9 heteroatoms. The number of aromatic nitrogens is 2. The van der Waals surface area contributed by atoms with Gasteiger partial charge in [0.05, 0.1) is 17.5 Å². The second kappa shape index (κ2) is 12.8. The van der Waals surface area contributed by atoms with Gasteiger partial charge in [0.25, 0.3) is 5.91 Å². The molecule has 0 saturated carbocycles. The molecule has 1 aromatic heterocycles. The van der Waals surface area contributed by atoms with E-state index < -0.39 is 5.91 Å². The van der Waals surface area contributed by atoms with Gasteiger partial charge in [-0.05, 0) is 67.4 Å². The molecule has 0 bridgehead atoms. The van der Waals surface area contributed by atoms with E-state index in [0.29, 0.717) is 46.8 Å². The number of carbonyl (C=O) groups excluding carboxylic acids is 1. The van der Waals surface area contributed by atoms with Gasteiger partial charge in [-0.2, -0.15) is 10.4 Å². The van der Waals surface area contributed by atoms with Crippen LogP contribution in [0.5, 0.6) is 5.75 Å². The molecule has 1 aliphatic rings. The fraction of sp³-hybridized carbons (Fsp3) is 0.194. The van der Waals surface area contributed by atoms with Crippen LogP contribution < -0.4 is 10.1 Å². The van der Waals surface area contributed by atoms with E-state index in [2.05, 4.69) is 5.32 Å². The first-order chi connectivity index (χ1) is 19.5. The Hall–Kier alpha value is -4.09. The summed E-state index contributed by atoms with van der Waals surface area (Å²) in [7, 11) is 0. The number of carbonyl (C=O) groups is 1. The normalized spacial score (nSPS) is 15.0. The monoisotopic (exact) mass is 572 g/mol. The third-order valence-electron chi connectivity index (χ3n) is 6.48. The number of nitriles is 1. The first-order valence-electron chi connectivity index (χ1n) is 12.8. The molecule has 1 N–H and O–H groups in total. The average Bonchev–Trinajstić information content (AvgIpc) is 3.65. The molecule has 3 aromatic carbocycles. The zero-order valence-electron chi connectivity index (χ0n) is 21.5. The maximum atomic E-state index is 12.8. The lowest BCUT2D eigenvalue weighted by atomic mass is 10.1. The van der Waals surface area contributed by atoms with Crippen LogP contribution >= 0.6 is 23.2 Å². The number of amides is 1. The Morgan fingerprint density at radius 1 is 1.15 bits per heavy atom. The maximum Gasteiger partial charge on any atom is 0.262 e. The predicted octanol–water partition coefficient (Wildman–Crippen LogP) is 6.63. The van der Waals surface area contributed by atoms with Crippen LogP contribution in [0, 0.1) is 11.3 Å². The molecule has 2 heterocycles. The lowest BCUT2D eigenvalue weighted by molar-refractivity contribution is -0.117. The van der Waals surface area contributed by atoms with Gasteiger partial charge in [-0.3, -0.25) is 4.79 Å². The third kappa shape index (κ3) is 6.72. The Balaban J connectivity index is 1.39. The third-order valence-corrected chi connectivity index (χ3v) is 7.07. The lowest BCUT2D eigenvalue weighted by Crippen LogP contribution is -2.32. The van der Waals surface area contributed by atoms with Crippen LogP contribution in [0.15, 0.2) is 84.6 Å². The molecule has 1 fully saturated rings. The van der Waals surface area contributed by atoms with Crippen molar-refractivity contribution in [3.63, 3.8) is 0 Å². The second-order valence-corrected chi connectivity index (χ2v) is 10.1. The summed E-state index contributed by atoms with van der Waals surface area (Å²) < 4.78 is 13.2. The highest BCUT2D eigenvalue weighted by Gasteiger charge is 2.19. The van der Waals surface area contributed by atoms with E-state index in [1.807, 2.05) is 72.9 Å². The number of hydrogen-bond acceptors (Lipinski definition) is 5. The molecule has 202 valence electrons. The van der Waals surface area contributed by atoms with Crippen molar-refractivity contribution in [2.45, 2.75) is 25.6 Å². The van der Waals surface area contributed by atoms with Gasteiger partial charge in [0.1, 0.15) is 24.0 Å². The predicted molar refractivity (Wildman–Crippen MR) is 155 cm³/mol. The quantitative estimate of drug-likeness (QED) is 0.179. The summed E-state index contributed by atoms with van der Waals surface area (Å²) in [6.07, 6.45) is 5.23. The highest BCUT2D eigenvalue weighted by molar-refractivity contribution is 6.35. The van der Waals surface area contributed by atoms with Crippen LogP contribution in [0.2, 0.25) is 10.0 Å². The van der Waals surface area contributed by atoms with Gasteiger partial charge in [0.2, 0.25) is 0 Å². The number of para-hydroxylation sites is 1. The van der Waals surface area contributed by atoms with Crippen LogP contribution in [-0.2, 0) is 16.1 Å². The number of halogens is 2. The molecule has 0 aliphatic carbocycles. The van der Waals surface area contributed by atoms with Gasteiger partial charge < -0.3 is 14.8 Å². The fourth-order valence-electron chi connectivity index (χ4n) is 4.35. The maximum absolute atomic E-state index is 12.8. The standard InChI is InChI=1S/C31H26Cl2N4O3/c32-25-11-8-22(29(33)16-25)20-40-27-12-9-21(10-13-27)30-24(19-37(36-30)26-5-2-1-3-6-26)15-23(17-34)31(38)35-18-28-7-4-14-39-28/h1-3,5-6,8-13,15-16,19,28H,4,7,14,18,20H2,(H,35,38)/b23-15+/t28-/m1/s1. The molecule has 0 radical (unpaired) electrons. The summed E-state index contributed by atoms with van der Waals surface area (Å²) in [4.78, 5) is 12.8. The first-order valence-corrected chi connectivity index (χ1v) is 13.6. The molecule has 1 saturated heterocycles. The zero-order valence-corrected chi connectivity index (χ0v) is 23.0. The summed E-state index contributed by atoms with van der Waals surface area (Å²) in [6, 6.07) is 24.4. The van der Waals surface area contributed by atoms with Gasteiger partial charge in [-0.15, -0.1) is 0 Å². The minimum Gasteiger partial charge on any atom is -0.489 e.